The third kappa shape index (κ3) is 2.51. The quantitative estimate of drug-likeness (QED) is 0.835. The Morgan fingerprint density at radius 1 is 0.944 bits per heavy atom. The van der Waals surface area contributed by atoms with Gasteiger partial charge in [0, 0.05) is 18.2 Å². The summed E-state index contributed by atoms with van der Waals surface area (Å²) in [6, 6.07) is 5.20. The lowest BCUT2D eigenvalue weighted by Gasteiger charge is -2.09. The van der Waals surface area contributed by atoms with Crippen LogP contribution in [-0.4, -0.2) is 0 Å². The fraction of sp³-hybridized carbons (Fsp3) is 0. The summed E-state index contributed by atoms with van der Waals surface area (Å²) in [5.41, 5.74) is 5.39. The summed E-state index contributed by atoms with van der Waals surface area (Å²) in [5.74, 6) is -2.68. The third-order valence-electron chi connectivity index (χ3n) is 2.17. The van der Waals surface area contributed by atoms with Gasteiger partial charge in [-0.05, 0) is 12.1 Å². The molecule has 0 aliphatic heterocycles. The van der Waals surface area contributed by atoms with Crippen molar-refractivity contribution in [2.24, 2.45) is 0 Å². The normalized spacial score (nSPS) is 10.4. The molecule has 0 bridgehead atoms. The number of benzene rings is 2. The minimum Gasteiger partial charge on any atom is -0.455 e. The van der Waals surface area contributed by atoms with Gasteiger partial charge in [0.25, 0.3) is 0 Å². The predicted molar refractivity (Wildman–Crippen MR) is 62.3 cm³/mol. The molecule has 0 radical (unpaired) electrons. The van der Waals surface area contributed by atoms with E-state index in [0.717, 1.165) is 18.2 Å². The Hall–Kier alpha value is -1.88. The van der Waals surface area contributed by atoms with Gasteiger partial charge in [-0.3, -0.25) is 0 Å². The van der Waals surface area contributed by atoms with Crippen molar-refractivity contribution in [3.63, 3.8) is 0 Å². The predicted octanol–water partition coefficient (Wildman–Crippen LogP) is 4.13. The summed E-state index contributed by atoms with van der Waals surface area (Å²) in [4.78, 5) is 0. The Kier molecular flexibility index (Phi) is 3.34. The molecule has 2 aromatic carbocycles. The fourth-order valence-corrected chi connectivity index (χ4v) is 1.47. The third-order valence-corrected chi connectivity index (χ3v) is 2.46. The maximum Gasteiger partial charge on any atom is 0.162 e. The first kappa shape index (κ1) is 12.6. The van der Waals surface area contributed by atoms with Gasteiger partial charge in [-0.1, -0.05) is 11.6 Å². The second kappa shape index (κ2) is 4.78. The Morgan fingerprint density at radius 3 is 2.28 bits per heavy atom. The van der Waals surface area contributed by atoms with Gasteiger partial charge in [0.05, 0.1) is 10.7 Å². The zero-order chi connectivity index (χ0) is 13.3. The van der Waals surface area contributed by atoms with Gasteiger partial charge in [0.2, 0.25) is 0 Å². The van der Waals surface area contributed by atoms with E-state index < -0.39 is 17.5 Å². The lowest BCUT2D eigenvalue weighted by atomic mass is 10.2. The molecule has 0 amide bonds. The Morgan fingerprint density at radius 2 is 1.61 bits per heavy atom. The van der Waals surface area contributed by atoms with Crippen LogP contribution >= 0.6 is 11.6 Å². The number of ether oxygens (including phenoxy) is 1. The van der Waals surface area contributed by atoms with E-state index >= 15 is 0 Å². The molecule has 0 atom stereocenters. The lowest BCUT2D eigenvalue weighted by Crippen LogP contribution is -1.96. The molecule has 0 unspecified atom stereocenters. The highest BCUT2D eigenvalue weighted by Gasteiger charge is 2.10. The van der Waals surface area contributed by atoms with Gasteiger partial charge in [-0.2, -0.15) is 0 Å². The van der Waals surface area contributed by atoms with Crippen molar-refractivity contribution in [1.29, 1.82) is 0 Å². The number of anilines is 1. The van der Waals surface area contributed by atoms with Crippen molar-refractivity contribution in [1.82, 2.24) is 0 Å². The summed E-state index contributed by atoms with van der Waals surface area (Å²) in [7, 11) is 0. The van der Waals surface area contributed by atoms with Crippen LogP contribution in [0.25, 0.3) is 0 Å². The number of rotatable bonds is 2. The van der Waals surface area contributed by atoms with E-state index in [2.05, 4.69) is 0 Å². The molecule has 2 aromatic rings. The largest absolute Gasteiger partial charge is 0.455 e. The number of hydrogen-bond acceptors (Lipinski definition) is 2. The molecular formula is C12H7ClF3NO. The number of hydrogen-bond donors (Lipinski definition) is 1. The van der Waals surface area contributed by atoms with Crippen LogP contribution in [0.3, 0.4) is 0 Å². The molecule has 0 aliphatic carbocycles. The van der Waals surface area contributed by atoms with Gasteiger partial charge in [0.1, 0.15) is 11.6 Å². The van der Waals surface area contributed by atoms with Gasteiger partial charge >= 0.3 is 0 Å². The molecule has 2 nitrogen and oxygen atoms in total. The first-order valence-corrected chi connectivity index (χ1v) is 5.22. The molecular weight excluding hydrogens is 267 g/mol. The standard InChI is InChI=1S/C12H7ClF3NO/c13-7-3-6(1-2-8(7)14)18-12-5-10(16)9(15)4-11(12)17/h1-5H,17H2. The number of halogens is 4. The second-order valence-electron chi connectivity index (χ2n) is 3.48. The first-order chi connectivity index (χ1) is 8.47. The van der Waals surface area contributed by atoms with Crippen molar-refractivity contribution in [3.05, 3.63) is 52.8 Å². The van der Waals surface area contributed by atoms with Crippen LogP contribution in [0.4, 0.5) is 18.9 Å². The van der Waals surface area contributed by atoms with Crippen molar-refractivity contribution in [2.75, 3.05) is 5.73 Å². The van der Waals surface area contributed by atoms with Crippen LogP contribution in [0, 0.1) is 17.5 Å². The highest BCUT2D eigenvalue weighted by molar-refractivity contribution is 6.30. The highest BCUT2D eigenvalue weighted by Crippen LogP contribution is 2.31. The van der Waals surface area contributed by atoms with Crippen molar-refractivity contribution in [3.8, 4) is 11.5 Å². The van der Waals surface area contributed by atoms with E-state index in [1.54, 1.807) is 0 Å². The molecule has 0 saturated heterocycles. The smallest absolute Gasteiger partial charge is 0.162 e. The van der Waals surface area contributed by atoms with Crippen LogP contribution in [0.15, 0.2) is 30.3 Å². The van der Waals surface area contributed by atoms with Crippen molar-refractivity contribution < 1.29 is 17.9 Å². The summed E-state index contributed by atoms with van der Waals surface area (Å²) < 4.78 is 44.0. The summed E-state index contributed by atoms with van der Waals surface area (Å²) in [5, 5.41) is -0.145. The zero-order valence-electron chi connectivity index (χ0n) is 8.88. The van der Waals surface area contributed by atoms with Crippen LogP contribution in [-0.2, 0) is 0 Å². The van der Waals surface area contributed by atoms with Crippen LogP contribution in [0.1, 0.15) is 0 Å². The Bertz CT molecular complexity index is 604. The van der Waals surface area contributed by atoms with E-state index in [1.807, 2.05) is 0 Å². The van der Waals surface area contributed by atoms with Crippen molar-refractivity contribution >= 4 is 17.3 Å². The van der Waals surface area contributed by atoms with E-state index in [1.165, 1.54) is 12.1 Å². The molecule has 0 fully saturated rings. The number of nitrogen functional groups attached to an aromatic ring is 1. The lowest BCUT2D eigenvalue weighted by molar-refractivity contribution is 0.463. The summed E-state index contributed by atoms with van der Waals surface area (Å²) in [6.45, 7) is 0. The van der Waals surface area contributed by atoms with Crippen LogP contribution in [0.5, 0.6) is 11.5 Å². The van der Waals surface area contributed by atoms with Crippen molar-refractivity contribution in [2.45, 2.75) is 0 Å². The summed E-state index contributed by atoms with van der Waals surface area (Å²) >= 11 is 5.56. The molecule has 0 saturated carbocycles. The molecule has 0 spiro atoms. The van der Waals surface area contributed by atoms with Gasteiger partial charge < -0.3 is 10.5 Å². The van der Waals surface area contributed by atoms with Gasteiger partial charge in [-0.25, -0.2) is 13.2 Å². The highest BCUT2D eigenvalue weighted by atomic mass is 35.5. The maximum atomic E-state index is 13.0. The zero-order valence-corrected chi connectivity index (χ0v) is 9.64. The molecule has 0 aromatic heterocycles. The second-order valence-corrected chi connectivity index (χ2v) is 3.89. The monoisotopic (exact) mass is 273 g/mol. The molecule has 6 heteroatoms. The molecule has 2 rings (SSSR count). The minimum atomic E-state index is -1.09. The molecule has 0 aliphatic rings. The molecule has 94 valence electrons. The minimum absolute atomic E-state index is 0.0726. The van der Waals surface area contributed by atoms with Crippen LogP contribution in [0.2, 0.25) is 5.02 Å². The molecule has 0 heterocycles. The fourth-order valence-electron chi connectivity index (χ4n) is 1.30. The number of nitrogens with two attached hydrogens (primary N) is 1. The van der Waals surface area contributed by atoms with E-state index in [9.17, 15) is 13.2 Å². The first-order valence-electron chi connectivity index (χ1n) is 4.85. The molecule has 18 heavy (non-hydrogen) atoms. The molecule has 2 N–H and O–H groups in total. The maximum absolute atomic E-state index is 13.0. The van der Waals surface area contributed by atoms with E-state index in [0.29, 0.717) is 0 Å². The summed E-state index contributed by atoms with van der Waals surface area (Å²) in [6.07, 6.45) is 0. The van der Waals surface area contributed by atoms with Gasteiger partial charge in [-0.15, -0.1) is 0 Å². The SMILES string of the molecule is Nc1cc(F)c(F)cc1Oc1ccc(F)c(Cl)c1. The van der Waals surface area contributed by atoms with E-state index in [4.69, 9.17) is 22.1 Å². The Balaban J connectivity index is 2.34. The topological polar surface area (TPSA) is 35.2 Å². The van der Waals surface area contributed by atoms with Gasteiger partial charge in [0.15, 0.2) is 17.4 Å². The average Bonchev–Trinajstić information content (AvgIpc) is 2.31. The Labute approximate surface area is 106 Å². The van der Waals surface area contributed by atoms with E-state index in [-0.39, 0.29) is 22.2 Å². The van der Waals surface area contributed by atoms with Crippen LogP contribution < -0.4 is 10.5 Å². The average molecular weight is 274 g/mol.